The van der Waals surface area contributed by atoms with Gasteiger partial charge in [0.2, 0.25) is 5.91 Å². The van der Waals surface area contributed by atoms with Crippen LogP contribution in [0, 0.1) is 13.8 Å². The van der Waals surface area contributed by atoms with E-state index in [2.05, 4.69) is 42.2 Å². The molecule has 0 saturated carbocycles. The number of aromatic nitrogens is 3. The zero-order chi connectivity index (χ0) is 20.4. The van der Waals surface area contributed by atoms with Gasteiger partial charge in [0, 0.05) is 22.4 Å². The van der Waals surface area contributed by atoms with Gasteiger partial charge in [-0.25, -0.2) is 0 Å². The molecule has 5 nitrogen and oxygen atoms in total. The third kappa shape index (κ3) is 4.36. The van der Waals surface area contributed by atoms with E-state index in [-0.39, 0.29) is 5.91 Å². The monoisotopic (exact) mass is 424 g/mol. The van der Waals surface area contributed by atoms with Crippen LogP contribution in [0.5, 0.6) is 0 Å². The summed E-state index contributed by atoms with van der Waals surface area (Å²) in [6.07, 6.45) is 0.980. The van der Waals surface area contributed by atoms with Crippen molar-refractivity contribution in [3.8, 4) is 5.69 Å². The van der Waals surface area contributed by atoms with Gasteiger partial charge >= 0.3 is 0 Å². The second-order valence-corrected chi connectivity index (χ2v) is 9.65. The maximum absolute atomic E-state index is 13.1. The Morgan fingerprint density at radius 1 is 1.17 bits per heavy atom. The van der Waals surface area contributed by atoms with Crippen LogP contribution >= 0.6 is 23.5 Å². The number of aryl methyl sites for hydroxylation is 2. The van der Waals surface area contributed by atoms with Crippen molar-refractivity contribution in [3.05, 3.63) is 59.9 Å². The number of para-hydroxylation sites is 1. The van der Waals surface area contributed by atoms with E-state index in [0.717, 1.165) is 35.3 Å². The van der Waals surface area contributed by atoms with Gasteiger partial charge in [-0.15, -0.1) is 22.0 Å². The lowest BCUT2D eigenvalue weighted by Gasteiger charge is -2.22. The molecule has 1 atom stereocenters. The van der Waals surface area contributed by atoms with Gasteiger partial charge in [-0.05, 0) is 50.1 Å². The SMILES string of the molecule is Cc1cccc(-n2c(C)nnc2SCC(=O)N2CC[C@H](C)Sc3ccccc32)c1. The largest absolute Gasteiger partial charge is 0.311 e. The van der Waals surface area contributed by atoms with E-state index in [1.54, 1.807) is 0 Å². The molecular weight excluding hydrogens is 400 g/mol. The van der Waals surface area contributed by atoms with Gasteiger partial charge in [-0.1, -0.05) is 43.0 Å². The lowest BCUT2D eigenvalue weighted by molar-refractivity contribution is -0.116. The summed E-state index contributed by atoms with van der Waals surface area (Å²) in [5.41, 5.74) is 3.21. The van der Waals surface area contributed by atoms with Crippen LogP contribution in [0.3, 0.4) is 0 Å². The van der Waals surface area contributed by atoms with Crippen LogP contribution in [0.2, 0.25) is 0 Å². The number of fused-ring (bicyclic) bond motifs is 1. The lowest BCUT2D eigenvalue weighted by Crippen LogP contribution is -2.33. The van der Waals surface area contributed by atoms with Crippen LogP contribution in [0.15, 0.2) is 58.6 Å². The summed E-state index contributed by atoms with van der Waals surface area (Å²) in [4.78, 5) is 16.2. The molecule has 2 aromatic carbocycles. The molecule has 0 N–H and O–H groups in total. The fourth-order valence-corrected chi connectivity index (χ4v) is 5.44. The standard InChI is InChI=1S/C22H24N4OS2/c1-15-7-6-8-18(13-15)26-17(3)23-24-22(26)28-14-21(27)25-12-11-16(2)29-20-10-5-4-9-19(20)25/h4-10,13,16H,11-12,14H2,1-3H3/t16-/m0/s1. The third-order valence-electron chi connectivity index (χ3n) is 4.92. The molecule has 1 aliphatic heterocycles. The highest BCUT2D eigenvalue weighted by Gasteiger charge is 2.24. The van der Waals surface area contributed by atoms with Crippen molar-refractivity contribution in [3.63, 3.8) is 0 Å². The van der Waals surface area contributed by atoms with Gasteiger partial charge in [0.25, 0.3) is 0 Å². The van der Waals surface area contributed by atoms with Gasteiger partial charge < -0.3 is 4.90 Å². The Morgan fingerprint density at radius 3 is 2.83 bits per heavy atom. The first-order valence-electron chi connectivity index (χ1n) is 9.71. The van der Waals surface area contributed by atoms with E-state index >= 15 is 0 Å². The smallest absolute Gasteiger partial charge is 0.237 e. The molecule has 0 radical (unpaired) electrons. The Kier molecular flexibility index (Phi) is 5.96. The number of amides is 1. The van der Waals surface area contributed by atoms with Crippen molar-refractivity contribution in [2.75, 3.05) is 17.2 Å². The van der Waals surface area contributed by atoms with E-state index < -0.39 is 0 Å². The minimum atomic E-state index is 0.105. The molecule has 1 amide bonds. The van der Waals surface area contributed by atoms with E-state index in [9.17, 15) is 4.79 Å². The molecule has 150 valence electrons. The highest BCUT2D eigenvalue weighted by molar-refractivity contribution is 8.00. The Labute approximate surface area is 179 Å². The molecule has 0 saturated heterocycles. The summed E-state index contributed by atoms with van der Waals surface area (Å²) in [6, 6.07) is 16.4. The maximum atomic E-state index is 13.1. The summed E-state index contributed by atoms with van der Waals surface area (Å²) in [5, 5.41) is 9.79. The Balaban J connectivity index is 1.54. The van der Waals surface area contributed by atoms with Crippen LogP contribution in [-0.4, -0.2) is 38.2 Å². The van der Waals surface area contributed by atoms with Crippen LogP contribution in [0.1, 0.15) is 24.7 Å². The second-order valence-electron chi connectivity index (χ2n) is 7.22. The van der Waals surface area contributed by atoms with Gasteiger partial charge in [0.05, 0.1) is 11.4 Å². The van der Waals surface area contributed by atoms with Gasteiger partial charge in [0.1, 0.15) is 5.82 Å². The first-order chi connectivity index (χ1) is 14.0. The van der Waals surface area contributed by atoms with E-state index in [4.69, 9.17) is 0 Å². The highest BCUT2D eigenvalue weighted by atomic mass is 32.2. The number of benzene rings is 2. The average Bonchev–Trinajstić information content (AvgIpc) is 2.98. The molecule has 0 aliphatic carbocycles. The maximum Gasteiger partial charge on any atom is 0.237 e. The summed E-state index contributed by atoms with van der Waals surface area (Å²) in [7, 11) is 0. The molecule has 7 heteroatoms. The zero-order valence-corrected chi connectivity index (χ0v) is 18.5. The molecule has 0 bridgehead atoms. The summed E-state index contributed by atoms with van der Waals surface area (Å²) >= 11 is 3.29. The van der Waals surface area contributed by atoms with E-state index in [1.807, 2.05) is 58.5 Å². The summed E-state index contributed by atoms with van der Waals surface area (Å²) < 4.78 is 2.01. The van der Waals surface area contributed by atoms with Crippen molar-refractivity contribution in [2.45, 2.75) is 42.5 Å². The van der Waals surface area contributed by atoms with Gasteiger partial charge in [-0.2, -0.15) is 0 Å². The topological polar surface area (TPSA) is 51.0 Å². The second kappa shape index (κ2) is 8.63. The number of hydrogen-bond acceptors (Lipinski definition) is 5. The van der Waals surface area contributed by atoms with Crippen LogP contribution in [-0.2, 0) is 4.79 Å². The van der Waals surface area contributed by atoms with Crippen LogP contribution in [0.4, 0.5) is 5.69 Å². The lowest BCUT2D eigenvalue weighted by atomic mass is 10.2. The van der Waals surface area contributed by atoms with Crippen molar-refractivity contribution in [1.82, 2.24) is 14.8 Å². The van der Waals surface area contributed by atoms with Crippen molar-refractivity contribution < 1.29 is 4.79 Å². The third-order valence-corrected chi connectivity index (χ3v) is 7.08. The Morgan fingerprint density at radius 2 is 2.00 bits per heavy atom. The number of carbonyl (C=O) groups excluding carboxylic acids is 1. The predicted octanol–water partition coefficient (Wildman–Crippen LogP) is 4.89. The van der Waals surface area contributed by atoms with Crippen molar-refractivity contribution >= 4 is 35.1 Å². The molecule has 3 aromatic rings. The summed E-state index contributed by atoms with van der Waals surface area (Å²) in [5.74, 6) is 1.25. The minimum absolute atomic E-state index is 0.105. The number of carbonyl (C=O) groups is 1. The molecule has 0 fully saturated rings. The molecule has 2 heterocycles. The Bertz CT molecular complexity index is 1030. The minimum Gasteiger partial charge on any atom is -0.311 e. The molecule has 0 unspecified atom stereocenters. The van der Waals surface area contributed by atoms with Crippen molar-refractivity contribution in [1.29, 1.82) is 0 Å². The number of rotatable bonds is 4. The van der Waals surface area contributed by atoms with Gasteiger partial charge in [-0.3, -0.25) is 9.36 Å². The van der Waals surface area contributed by atoms with Crippen LogP contribution < -0.4 is 4.90 Å². The number of thioether (sulfide) groups is 2. The quantitative estimate of drug-likeness (QED) is 0.558. The summed E-state index contributed by atoms with van der Waals surface area (Å²) in [6.45, 7) is 6.96. The molecule has 1 aliphatic rings. The zero-order valence-electron chi connectivity index (χ0n) is 16.8. The number of anilines is 1. The molecule has 4 rings (SSSR count). The van der Waals surface area contributed by atoms with Crippen molar-refractivity contribution in [2.24, 2.45) is 0 Å². The first kappa shape index (κ1) is 20.0. The normalized spacial score (nSPS) is 16.4. The average molecular weight is 425 g/mol. The predicted molar refractivity (Wildman–Crippen MR) is 120 cm³/mol. The Hall–Kier alpha value is -2.25. The number of nitrogens with zero attached hydrogens (tertiary/aromatic N) is 4. The molecular formula is C22H24N4OS2. The van der Waals surface area contributed by atoms with Gasteiger partial charge in [0.15, 0.2) is 5.16 Å². The van der Waals surface area contributed by atoms with E-state index in [0.29, 0.717) is 11.0 Å². The molecule has 29 heavy (non-hydrogen) atoms. The van der Waals surface area contributed by atoms with E-state index in [1.165, 1.54) is 22.2 Å². The fourth-order valence-electron chi connectivity index (χ4n) is 3.45. The molecule has 0 spiro atoms. The fraction of sp³-hybridized carbons (Fsp3) is 0.318. The van der Waals surface area contributed by atoms with Crippen LogP contribution in [0.25, 0.3) is 5.69 Å². The number of hydrogen-bond donors (Lipinski definition) is 0. The highest BCUT2D eigenvalue weighted by Crippen LogP contribution is 2.37. The first-order valence-corrected chi connectivity index (χ1v) is 11.6. The molecule has 1 aromatic heterocycles.